The molecule has 1 amide bonds. The van der Waals surface area contributed by atoms with Crippen molar-refractivity contribution in [2.24, 2.45) is 0 Å². The van der Waals surface area contributed by atoms with E-state index in [-0.39, 0.29) is 11.9 Å². The predicted molar refractivity (Wildman–Crippen MR) is 133 cm³/mol. The van der Waals surface area contributed by atoms with Crippen molar-refractivity contribution in [3.8, 4) is 0 Å². The molecule has 1 aliphatic rings. The Balaban J connectivity index is 1.50. The van der Waals surface area contributed by atoms with Crippen LogP contribution in [0.4, 0.5) is 0 Å². The number of carbonyl (C=O) groups excluding carboxylic acids is 1. The van der Waals surface area contributed by atoms with Crippen molar-refractivity contribution in [1.29, 1.82) is 0 Å². The molecule has 6 heteroatoms. The molecule has 1 aliphatic heterocycles. The SMILES string of the molecule is O=C(c1cc(Cl)cc(Cl)c1)N1CC[C@H](NCc2cccc(Cl)c2)C[C@H]1Cc1ccccc1. The smallest absolute Gasteiger partial charge is 0.254 e. The molecule has 1 heterocycles. The van der Waals surface area contributed by atoms with Gasteiger partial charge in [-0.1, -0.05) is 77.3 Å². The molecule has 0 aromatic heterocycles. The quantitative estimate of drug-likeness (QED) is 0.422. The average Bonchev–Trinajstić information content (AvgIpc) is 2.77. The number of carbonyl (C=O) groups is 1. The monoisotopic (exact) mass is 486 g/mol. The lowest BCUT2D eigenvalue weighted by atomic mass is 9.91. The Bertz CT molecular complexity index is 1050. The van der Waals surface area contributed by atoms with E-state index in [2.05, 4.69) is 23.5 Å². The van der Waals surface area contributed by atoms with Gasteiger partial charge in [0.05, 0.1) is 0 Å². The maximum absolute atomic E-state index is 13.4. The van der Waals surface area contributed by atoms with E-state index in [4.69, 9.17) is 34.8 Å². The summed E-state index contributed by atoms with van der Waals surface area (Å²) in [5.41, 5.74) is 2.91. The highest BCUT2D eigenvalue weighted by molar-refractivity contribution is 6.35. The fraction of sp³-hybridized carbons (Fsp3) is 0.269. The first-order valence-corrected chi connectivity index (χ1v) is 11.9. The molecule has 1 fully saturated rings. The summed E-state index contributed by atoms with van der Waals surface area (Å²) >= 11 is 18.4. The van der Waals surface area contributed by atoms with Crippen LogP contribution < -0.4 is 5.32 Å². The standard InChI is InChI=1S/C26H25Cl3N2O/c27-21-8-4-7-19(11-21)17-30-24-9-10-31(25(16-24)12-18-5-2-1-3-6-18)26(32)20-13-22(28)15-23(29)14-20/h1-8,11,13-15,24-25,30H,9-10,12,16-17H2/t24-,25+/m0/s1. The summed E-state index contributed by atoms with van der Waals surface area (Å²) in [6.45, 7) is 1.43. The van der Waals surface area contributed by atoms with Gasteiger partial charge >= 0.3 is 0 Å². The number of nitrogens with one attached hydrogen (secondary N) is 1. The number of benzene rings is 3. The van der Waals surface area contributed by atoms with Gasteiger partial charge in [-0.2, -0.15) is 0 Å². The Morgan fingerprint density at radius 2 is 1.59 bits per heavy atom. The number of hydrogen-bond donors (Lipinski definition) is 1. The summed E-state index contributed by atoms with van der Waals surface area (Å²) in [6.07, 6.45) is 2.55. The van der Waals surface area contributed by atoms with Gasteiger partial charge in [0.2, 0.25) is 0 Å². The van der Waals surface area contributed by atoms with Gasteiger partial charge in [-0.25, -0.2) is 0 Å². The van der Waals surface area contributed by atoms with Gasteiger partial charge < -0.3 is 10.2 Å². The van der Waals surface area contributed by atoms with Gasteiger partial charge in [0.15, 0.2) is 0 Å². The predicted octanol–water partition coefficient (Wildman–Crippen LogP) is 6.65. The molecule has 4 rings (SSSR count). The number of hydrogen-bond acceptors (Lipinski definition) is 2. The van der Waals surface area contributed by atoms with Crippen LogP contribution in [0.3, 0.4) is 0 Å². The Kier molecular flexibility index (Phi) is 7.75. The van der Waals surface area contributed by atoms with E-state index in [1.54, 1.807) is 18.2 Å². The van der Waals surface area contributed by atoms with Crippen LogP contribution in [-0.2, 0) is 13.0 Å². The first-order chi connectivity index (χ1) is 15.5. The molecule has 0 aliphatic carbocycles. The van der Waals surface area contributed by atoms with Crippen LogP contribution in [-0.4, -0.2) is 29.4 Å². The van der Waals surface area contributed by atoms with Crippen LogP contribution >= 0.6 is 34.8 Å². The van der Waals surface area contributed by atoms with E-state index in [0.717, 1.165) is 36.4 Å². The van der Waals surface area contributed by atoms with Crippen LogP contribution in [0.25, 0.3) is 0 Å². The highest BCUT2D eigenvalue weighted by Crippen LogP contribution is 2.26. The van der Waals surface area contributed by atoms with E-state index in [9.17, 15) is 4.79 Å². The molecule has 3 aromatic carbocycles. The molecule has 0 saturated carbocycles. The Morgan fingerprint density at radius 1 is 0.875 bits per heavy atom. The number of piperidine rings is 1. The van der Waals surface area contributed by atoms with Crippen molar-refractivity contribution in [2.45, 2.75) is 37.9 Å². The molecule has 0 unspecified atom stereocenters. The summed E-state index contributed by atoms with van der Waals surface area (Å²) in [5.74, 6) is -0.0244. The molecule has 0 spiro atoms. The van der Waals surface area contributed by atoms with Crippen molar-refractivity contribution in [1.82, 2.24) is 10.2 Å². The van der Waals surface area contributed by atoms with E-state index in [1.165, 1.54) is 5.56 Å². The number of nitrogens with zero attached hydrogens (tertiary/aromatic N) is 1. The summed E-state index contributed by atoms with van der Waals surface area (Å²) in [4.78, 5) is 15.4. The topological polar surface area (TPSA) is 32.3 Å². The van der Waals surface area contributed by atoms with Crippen LogP contribution in [0.15, 0.2) is 72.8 Å². The van der Waals surface area contributed by atoms with E-state index < -0.39 is 0 Å². The number of likely N-dealkylation sites (tertiary alicyclic amines) is 1. The van der Waals surface area contributed by atoms with Crippen molar-refractivity contribution in [3.05, 3.63) is 105 Å². The van der Waals surface area contributed by atoms with E-state index in [0.29, 0.717) is 28.2 Å². The molecule has 1 N–H and O–H groups in total. The maximum atomic E-state index is 13.4. The molecule has 0 radical (unpaired) electrons. The zero-order valence-corrected chi connectivity index (χ0v) is 19.9. The lowest BCUT2D eigenvalue weighted by Gasteiger charge is -2.40. The van der Waals surface area contributed by atoms with Gasteiger partial charge in [0.25, 0.3) is 5.91 Å². The van der Waals surface area contributed by atoms with Gasteiger partial charge in [0, 0.05) is 45.8 Å². The van der Waals surface area contributed by atoms with Gasteiger partial charge in [-0.05, 0) is 60.7 Å². The first kappa shape index (κ1) is 23.1. The molecular formula is C26H25Cl3N2O. The second-order valence-electron chi connectivity index (χ2n) is 8.23. The minimum atomic E-state index is -0.0244. The third-order valence-electron chi connectivity index (χ3n) is 5.88. The lowest BCUT2D eigenvalue weighted by molar-refractivity contribution is 0.0576. The van der Waals surface area contributed by atoms with Gasteiger partial charge in [-0.15, -0.1) is 0 Å². The lowest BCUT2D eigenvalue weighted by Crippen LogP contribution is -2.51. The molecule has 166 valence electrons. The van der Waals surface area contributed by atoms with Crippen molar-refractivity contribution >= 4 is 40.7 Å². The molecule has 0 bridgehead atoms. The van der Waals surface area contributed by atoms with Crippen molar-refractivity contribution in [2.75, 3.05) is 6.54 Å². The molecule has 3 nitrogen and oxygen atoms in total. The maximum Gasteiger partial charge on any atom is 0.254 e. The molecule has 32 heavy (non-hydrogen) atoms. The summed E-state index contributed by atoms with van der Waals surface area (Å²) in [5, 5.41) is 5.34. The third-order valence-corrected chi connectivity index (χ3v) is 6.56. The number of rotatable bonds is 6. The highest BCUT2D eigenvalue weighted by atomic mass is 35.5. The van der Waals surface area contributed by atoms with Crippen LogP contribution in [0.5, 0.6) is 0 Å². The first-order valence-electron chi connectivity index (χ1n) is 10.8. The fourth-order valence-corrected chi connectivity index (χ4v) is 5.07. The van der Waals surface area contributed by atoms with Crippen molar-refractivity contribution in [3.63, 3.8) is 0 Å². The van der Waals surface area contributed by atoms with E-state index in [1.807, 2.05) is 41.3 Å². The molecule has 2 atom stereocenters. The Morgan fingerprint density at radius 3 is 2.31 bits per heavy atom. The Labute approximate surface area is 204 Å². The third kappa shape index (κ3) is 6.05. The Hall–Kier alpha value is -2.04. The largest absolute Gasteiger partial charge is 0.335 e. The van der Waals surface area contributed by atoms with Gasteiger partial charge in [0.1, 0.15) is 0 Å². The van der Waals surface area contributed by atoms with Gasteiger partial charge in [-0.3, -0.25) is 4.79 Å². The summed E-state index contributed by atoms with van der Waals surface area (Å²) in [6, 6.07) is 23.6. The second kappa shape index (κ2) is 10.7. The van der Waals surface area contributed by atoms with Crippen LogP contribution in [0.1, 0.15) is 34.3 Å². The number of halogens is 3. The molecular weight excluding hydrogens is 463 g/mol. The fourth-order valence-electron chi connectivity index (χ4n) is 4.34. The average molecular weight is 488 g/mol. The number of amides is 1. The zero-order valence-electron chi connectivity index (χ0n) is 17.6. The summed E-state index contributed by atoms with van der Waals surface area (Å²) in [7, 11) is 0. The summed E-state index contributed by atoms with van der Waals surface area (Å²) < 4.78 is 0. The van der Waals surface area contributed by atoms with Crippen LogP contribution in [0, 0.1) is 0 Å². The normalized spacial score (nSPS) is 18.5. The van der Waals surface area contributed by atoms with E-state index >= 15 is 0 Å². The minimum Gasteiger partial charge on any atom is -0.335 e. The van der Waals surface area contributed by atoms with Crippen LogP contribution in [0.2, 0.25) is 15.1 Å². The van der Waals surface area contributed by atoms with Crippen molar-refractivity contribution < 1.29 is 4.79 Å². The zero-order chi connectivity index (χ0) is 22.5. The molecule has 1 saturated heterocycles. The highest BCUT2D eigenvalue weighted by Gasteiger charge is 2.32. The second-order valence-corrected chi connectivity index (χ2v) is 9.54. The molecule has 3 aromatic rings. The minimum absolute atomic E-state index is 0.0244.